The fraction of sp³-hybridized carbons (Fsp3) is 0.200. The first-order valence-electron chi connectivity index (χ1n) is 11.5. The van der Waals surface area contributed by atoms with Crippen molar-refractivity contribution >= 4 is 11.4 Å². The van der Waals surface area contributed by atoms with E-state index in [-0.39, 0.29) is 0 Å². The molecule has 32 heavy (non-hydrogen) atoms. The maximum atomic E-state index is 6.57. The SMILES string of the molecule is CCc1cc(C2(c3ccc(N)c(C)c3)c3ccccc3-c3ccccc32)cc(CC)c1N. The third-order valence-electron chi connectivity index (χ3n) is 7.20. The molecule has 0 bridgehead atoms. The van der Waals surface area contributed by atoms with E-state index in [9.17, 15) is 0 Å². The molecule has 0 heterocycles. The molecule has 0 saturated heterocycles. The smallest absolute Gasteiger partial charge is 0.0713 e. The summed E-state index contributed by atoms with van der Waals surface area (Å²) in [5, 5.41) is 0. The van der Waals surface area contributed by atoms with Crippen molar-refractivity contribution in [3.05, 3.63) is 118 Å². The molecule has 2 heteroatoms. The summed E-state index contributed by atoms with van der Waals surface area (Å²) >= 11 is 0. The van der Waals surface area contributed by atoms with Gasteiger partial charge in [0.15, 0.2) is 0 Å². The molecule has 5 rings (SSSR count). The summed E-state index contributed by atoms with van der Waals surface area (Å²) in [6.45, 7) is 6.47. The van der Waals surface area contributed by atoms with Crippen molar-refractivity contribution in [3.63, 3.8) is 0 Å². The van der Waals surface area contributed by atoms with Gasteiger partial charge in [-0.15, -0.1) is 0 Å². The number of rotatable bonds is 4. The predicted octanol–water partition coefficient (Wildman–Crippen LogP) is 6.65. The third kappa shape index (κ3) is 2.72. The Morgan fingerprint density at radius 1 is 0.656 bits per heavy atom. The first-order chi connectivity index (χ1) is 15.5. The Labute approximate surface area is 190 Å². The zero-order chi connectivity index (χ0) is 22.5. The zero-order valence-corrected chi connectivity index (χ0v) is 19.1. The number of anilines is 2. The van der Waals surface area contributed by atoms with Gasteiger partial charge in [0, 0.05) is 11.4 Å². The maximum Gasteiger partial charge on any atom is 0.0713 e. The van der Waals surface area contributed by atoms with E-state index in [0.29, 0.717) is 0 Å². The Bertz CT molecular complexity index is 1260. The quantitative estimate of drug-likeness (QED) is 0.321. The molecule has 4 N–H and O–H groups in total. The van der Waals surface area contributed by atoms with E-state index in [4.69, 9.17) is 11.5 Å². The van der Waals surface area contributed by atoms with Crippen molar-refractivity contribution in [3.8, 4) is 11.1 Å². The van der Waals surface area contributed by atoms with Crippen LogP contribution in [0.5, 0.6) is 0 Å². The van der Waals surface area contributed by atoms with E-state index in [0.717, 1.165) is 29.8 Å². The number of hydrogen-bond donors (Lipinski definition) is 2. The molecule has 0 amide bonds. The van der Waals surface area contributed by atoms with Crippen LogP contribution in [0.25, 0.3) is 11.1 Å². The molecule has 0 saturated carbocycles. The number of nitrogen functional groups attached to an aromatic ring is 2. The van der Waals surface area contributed by atoms with Crippen LogP contribution in [0.2, 0.25) is 0 Å². The number of nitrogens with two attached hydrogens (primary N) is 2. The van der Waals surface area contributed by atoms with Crippen LogP contribution in [0.3, 0.4) is 0 Å². The van der Waals surface area contributed by atoms with Gasteiger partial charge in [-0.2, -0.15) is 0 Å². The monoisotopic (exact) mass is 418 g/mol. The Kier molecular flexibility index (Phi) is 4.82. The molecule has 4 aromatic carbocycles. The summed E-state index contributed by atoms with van der Waals surface area (Å²) in [5.74, 6) is 0. The Balaban J connectivity index is 1.97. The second kappa shape index (κ2) is 7.56. The fourth-order valence-corrected chi connectivity index (χ4v) is 5.51. The van der Waals surface area contributed by atoms with Gasteiger partial charge in [0.1, 0.15) is 0 Å². The number of benzene rings is 4. The topological polar surface area (TPSA) is 52.0 Å². The molecule has 1 aliphatic rings. The van der Waals surface area contributed by atoms with Crippen LogP contribution in [0, 0.1) is 6.92 Å². The lowest BCUT2D eigenvalue weighted by atomic mass is 9.66. The zero-order valence-electron chi connectivity index (χ0n) is 19.1. The van der Waals surface area contributed by atoms with Gasteiger partial charge in [0.05, 0.1) is 5.41 Å². The summed E-state index contributed by atoms with van der Waals surface area (Å²) < 4.78 is 0. The minimum atomic E-state index is -0.410. The van der Waals surface area contributed by atoms with Gasteiger partial charge >= 0.3 is 0 Å². The van der Waals surface area contributed by atoms with E-state index in [1.807, 2.05) is 0 Å². The lowest BCUT2D eigenvalue weighted by molar-refractivity contribution is 0.763. The molecule has 0 radical (unpaired) electrons. The van der Waals surface area contributed by atoms with Crippen molar-refractivity contribution in [2.24, 2.45) is 0 Å². The van der Waals surface area contributed by atoms with E-state index in [1.165, 1.54) is 44.5 Å². The van der Waals surface area contributed by atoms with Crippen molar-refractivity contribution in [2.75, 3.05) is 11.5 Å². The highest BCUT2D eigenvalue weighted by molar-refractivity contribution is 5.86. The second-order valence-electron chi connectivity index (χ2n) is 8.83. The first-order valence-corrected chi connectivity index (χ1v) is 11.5. The summed E-state index contributed by atoms with van der Waals surface area (Å²) in [6, 6.07) is 28.8. The molecular weight excluding hydrogens is 388 g/mol. The second-order valence-corrected chi connectivity index (χ2v) is 8.83. The average molecular weight is 419 g/mol. The van der Waals surface area contributed by atoms with E-state index in [2.05, 4.69) is 99.6 Å². The van der Waals surface area contributed by atoms with Crippen molar-refractivity contribution in [2.45, 2.75) is 39.0 Å². The highest BCUT2D eigenvalue weighted by Crippen LogP contribution is 2.56. The molecular formula is C30H30N2. The lowest BCUT2D eigenvalue weighted by Crippen LogP contribution is -2.29. The molecule has 2 nitrogen and oxygen atoms in total. The Hall–Kier alpha value is -3.52. The molecule has 4 aromatic rings. The number of fused-ring (bicyclic) bond motifs is 3. The minimum absolute atomic E-state index is 0.410. The average Bonchev–Trinajstić information content (AvgIpc) is 3.12. The lowest BCUT2D eigenvalue weighted by Gasteiger charge is -2.35. The standard InChI is InChI=1S/C30H30N2/c1-4-20-17-23(18-21(5-2)29(20)32)30(22-14-15-28(31)19(3)16-22)26-12-8-6-10-24(26)25-11-7-9-13-27(25)30/h6-18H,4-5,31-32H2,1-3H3. The number of aryl methyl sites for hydroxylation is 3. The summed E-state index contributed by atoms with van der Waals surface area (Å²) in [5.41, 5.74) is 25.5. The Morgan fingerprint density at radius 2 is 1.19 bits per heavy atom. The molecule has 0 aliphatic heterocycles. The third-order valence-corrected chi connectivity index (χ3v) is 7.20. The molecule has 0 aromatic heterocycles. The maximum absolute atomic E-state index is 6.57. The van der Waals surface area contributed by atoms with E-state index >= 15 is 0 Å². The van der Waals surface area contributed by atoms with Crippen LogP contribution in [-0.4, -0.2) is 0 Å². The highest BCUT2D eigenvalue weighted by atomic mass is 14.6. The predicted molar refractivity (Wildman–Crippen MR) is 136 cm³/mol. The van der Waals surface area contributed by atoms with Gasteiger partial charge < -0.3 is 11.5 Å². The van der Waals surface area contributed by atoms with Crippen molar-refractivity contribution in [1.29, 1.82) is 0 Å². The van der Waals surface area contributed by atoms with Gasteiger partial charge in [0.2, 0.25) is 0 Å². The first kappa shape index (κ1) is 20.4. The minimum Gasteiger partial charge on any atom is -0.399 e. The van der Waals surface area contributed by atoms with Gasteiger partial charge in [-0.3, -0.25) is 0 Å². The van der Waals surface area contributed by atoms with Crippen LogP contribution in [0.4, 0.5) is 11.4 Å². The summed E-state index contributed by atoms with van der Waals surface area (Å²) in [7, 11) is 0. The van der Waals surface area contributed by atoms with Gasteiger partial charge in [-0.25, -0.2) is 0 Å². The van der Waals surface area contributed by atoms with Gasteiger partial charge in [-0.1, -0.05) is 86.6 Å². The molecule has 0 atom stereocenters. The summed E-state index contributed by atoms with van der Waals surface area (Å²) in [4.78, 5) is 0. The molecule has 0 fully saturated rings. The van der Waals surface area contributed by atoms with Crippen LogP contribution in [0.1, 0.15) is 52.8 Å². The van der Waals surface area contributed by atoms with Crippen LogP contribution >= 0.6 is 0 Å². The normalized spacial score (nSPS) is 13.6. The fourth-order valence-electron chi connectivity index (χ4n) is 5.51. The van der Waals surface area contributed by atoms with Crippen LogP contribution in [0.15, 0.2) is 78.9 Å². The van der Waals surface area contributed by atoms with Gasteiger partial charge in [-0.05, 0) is 75.9 Å². The molecule has 0 unspecified atom stereocenters. The number of hydrogen-bond acceptors (Lipinski definition) is 2. The molecule has 1 aliphatic carbocycles. The van der Waals surface area contributed by atoms with Crippen LogP contribution < -0.4 is 11.5 Å². The van der Waals surface area contributed by atoms with E-state index in [1.54, 1.807) is 0 Å². The molecule has 160 valence electrons. The van der Waals surface area contributed by atoms with Crippen molar-refractivity contribution < 1.29 is 0 Å². The largest absolute Gasteiger partial charge is 0.399 e. The van der Waals surface area contributed by atoms with Gasteiger partial charge in [0.25, 0.3) is 0 Å². The van der Waals surface area contributed by atoms with Crippen LogP contribution in [-0.2, 0) is 18.3 Å². The van der Waals surface area contributed by atoms with E-state index < -0.39 is 5.41 Å². The Morgan fingerprint density at radius 3 is 1.69 bits per heavy atom. The summed E-state index contributed by atoms with van der Waals surface area (Å²) in [6.07, 6.45) is 1.82. The highest BCUT2D eigenvalue weighted by Gasteiger charge is 2.46. The van der Waals surface area contributed by atoms with Crippen molar-refractivity contribution in [1.82, 2.24) is 0 Å². The molecule has 0 spiro atoms.